The second kappa shape index (κ2) is 10.5. The molecule has 152 valence electrons. The van der Waals surface area contributed by atoms with Gasteiger partial charge in [-0.3, -0.25) is 4.79 Å². The summed E-state index contributed by atoms with van der Waals surface area (Å²) in [5.41, 5.74) is 1.01. The molecule has 1 atom stereocenters. The van der Waals surface area contributed by atoms with E-state index in [0.29, 0.717) is 12.3 Å². The Labute approximate surface area is 171 Å². The summed E-state index contributed by atoms with van der Waals surface area (Å²) in [5.74, 6) is 0.185. The van der Waals surface area contributed by atoms with Gasteiger partial charge in [0.1, 0.15) is 5.75 Å². The van der Waals surface area contributed by atoms with Crippen molar-refractivity contribution >= 4 is 27.7 Å². The number of amides is 1. The molecule has 0 saturated heterocycles. The molecule has 2 N–H and O–H groups in total. The van der Waals surface area contributed by atoms with Crippen LogP contribution in [0.25, 0.3) is 0 Å². The SMILES string of the molecule is CCCNS(=O)(=O)c1ccc(OCC(=O)N[C@H](C)c2ccc(SC)cc2)cc1. The molecular formula is C20H26N2O4S2. The van der Waals surface area contributed by atoms with Gasteiger partial charge in [-0.15, -0.1) is 11.8 Å². The summed E-state index contributed by atoms with van der Waals surface area (Å²) in [5, 5.41) is 2.89. The van der Waals surface area contributed by atoms with Crippen molar-refractivity contribution in [2.75, 3.05) is 19.4 Å². The number of ether oxygens (including phenoxy) is 1. The number of hydrogen-bond donors (Lipinski definition) is 2. The van der Waals surface area contributed by atoms with Crippen LogP contribution in [0.15, 0.2) is 58.3 Å². The average Bonchev–Trinajstić information content (AvgIpc) is 2.71. The maximum Gasteiger partial charge on any atom is 0.258 e. The van der Waals surface area contributed by atoms with Crippen molar-refractivity contribution in [2.24, 2.45) is 0 Å². The van der Waals surface area contributed by atoms with Crippen LogP contribution in [-0.2, 0) is 14.8 Å². The van der Waals surface area contributed by atoms with Crippen molar-refractivity contribution in [1.82, 2.24) is 10.0 Å². The van der Waals surface area contributed by atoms with Crippen molar-refractivity contribution < 1.29 is 17.9 Å². The standard InChI is InChI=1S/C20H26N2O4S2/c1-4-13-21-28(24,25)19-11-7-17(8-12-19)26-14-20(23)22-15(2)16-5-9-18(27-3)10-6-16/h5-12,15,21H,4,13-14H2,1-3H3,(H,22,23)/t15-/m1/s1. The van der Waals surface area contributed by atoms with Crippen LogP contribution < -0.4 is 14.8 Å². The van der Waals surface area contributed by atoms with Crippen LogP contribution in [0.2, 0.25) is 0 Å². The molecule has 0 aliphatic rings. The molecule has 0 heterocycles. The molecule has 0 aliphatic carbocycles. The summed E-state index contributed by atoms with van der Waals surface area (Å²) in [7, 11) is -3.51. The second-order valence-electron chi connectivity index (χ2n) is 6.22. The zero-order valence-corrected chi connectivity index (χ0v) is 17.9. The monoisotopic (exact) mass is 422 g/mol. The highest BCUT2D eigenvalue weighted by Gasteiger charge is 2.14. The summed E-state index contributed by atoms with van der Waals surface area (Å²) in [6.07, 6.45) is 2.73. The molecule has 0 spiro atoms. The predicted molar refractivity (Wildman–Crippen MR) is 112 cm³/mol. The van der Waals surface area contributed by atoms with Crippen LogP contribution >= 0.6 is 11.8 Å². The molecule has 2 rings (SSSR count). The molecule has 0 aromatic heterocycles. The van der Waals surface area contributed by atoms with Gasteiger partial charge >= 0.3 is 0 Å². The predicted octanol–water partition coefficient (Wildman–Crippen LogP) is 3.35. The van der Waals surface area contributed by atoms with Gasteiger partial charge in [-0.1, -0.05) is 19.1 Å². The third-order valence-corrected chi connectivity index (χ3v) is 6.26. The minimum absolute atomic E-state index is 0.135. The van der Waals surface area contributed by atoms with Gasteiger partial charge in [-0.05, 0) is 61.6 Å². The Balaban J connectivity index is 1.86. The number of rotatable bonds is 10. The van der Waals surface area contributed by atoms with Crippen molar-refractivity contribution in [2.45, 2.75) is 36.1 Å². The lowest BCUT2D eigenvalue weighted by atomic mass is 10.1. The van der Waals surface area contributed by atoms with Gasteiger partial charge in [-0.2, -0.15) is 0 Å². The van der Waals surface area contributed by atoms with E-state index in [1.807, 2.05) is 44.4 Å². The number of nitrogens with one attached hydrogen (secondary N) is 2. The molecule has 0 radical (unpaired) electrons. The van der Waals surface area contributed by atoms with Crippen molar-refractivity contribution in [3.63, 3.8) is 0 Å². The summed E-state index contributed by atoms with van der Waals surface area (Å²) in [4.78, 5) is 13.5. The van der Waals surface area contributed by atoms with Crippen molar-refractivity contribution in [1.29, 1.82) is 0 Å². The van der Waals surface area contributed by atoms with Gasteiger partial charge in [0.2, 0.25) is 10.0 Å². The fourth-order valence-corrected chi connectivity index (χ4v) is 3.98. The van der Waals surface area contributed by atoms with Gasteiger partial charge < -0.3 is 10.1 Å². The maximum atomic E-state index is 12.1. The molecule has 1 amide bonds. The average molecular weight is 423 g/mol. The third-order valence-electron chi connectivity index (χ3n) is 4.04. The van der Waals surface area contributed by atoms with Crippen LogP contribution in [0, 0.1) is 0 Å². The van der Waals surface area contributed by atoms with E-state index >= 15 is 0 Å². The van der Waals surface area contributed by atoms with Crippen LogP contribution in [0.1, 0.15) is 31.9 Å². The zero-order valence-electron chi connectivity index (χ0n) is 16.3. The molecule has 8 heteroatoms. The number of carbonyl (C=O) groups excluding carboxylic acids is 1. The Kier molecular flexibility index (Phi) is 8.35. The highest BCUT2D eigenvalue weighted by Crippen LogP contribution is 2.19. The lowest BCUT2D eigenvalue weighted by Gasteiger charge is -2.15. The molecule has 0 bridgehead atoms. The molecular weight excluding hydrogens is 396 g/mol. The molecule has 0 fully saturated rings. The summed E-state index contributed by atoms with van der Waals surface area (Å²) < 4.78 is 32.1. The van der Waals surface area contributed by atoms with E-state index in [9.17, 15) is 13.2 Å². The van der Waals surface area contributed by atoms with Gasteiger partial charge in [0.25, 0.3) is 5.91 Å². The van der Waals surface area contributed by atoms with Crippen LogP contribution in [-0.4, -0.2) is 33.7 Å². The minimum Gasteiger partial charge on any atom is -0.484 e. The topological polar surface area (TPSA) is 84.5 Å². The number of carbonyl (C=O) groups is 1. The molecule has 0 aliphatic heterocycles. The Hall–Kier alpha value is -2.03. The molecule has 0 unspecified atom stereocenters. The summed E-state index contributed by atoms with van der Waals surface area (Å²) in [6, 6.07) is 13.9. The quantitative estimate of drug-likeness (QED) is 0.574. The molecule has 0 saturated carbocycles. The Morgan fingerprint density at radius 3 is 2.32 bits per heavy atom. The van der Waals surface area contributed by atoms with E-state index in [1.54, 1.807) is 23.9 Å². The van der Waals surface area contributed by atoms with E-state index < -0.39 is 10.0 Å². The lowest BCUT2D eigenvalue weighted by molar-refractivity contribution is -0.123. The van der Waals surface area contributed by atoms with E-state index in [4.69, 9.17) is 4.74 Å². The van der Waals surface area contributed by atoms with Gasteiger partial charge in [-0.25, -0.2) is 13.1 Å². The van der Waals surface area contributed by atoms with Crippen LogP contribution in [0.3, 0.4) is 0 Å². The Bertz CT molecular complexity index is 866. The first-order valence-corrected chi connectivity index (χ1v) is 11.7. The Morgan fingerprint density at radius 2 is 1.75 bits per heavy atom. The molecule has 6 nitrogen and oxygen atoms in total. The van der Waals surface area contributed by atoms with E-state index in [0.717, 1.165) is 12.0 Å². The molecule has 28 heavy (non-hydrogen) atoms. The fourth-order valence-electron chi connectivity index (χ4n) is 2.44. The van der Waals surface area contributed by atoms with Crippen molar-refractivity contribution in [3.8, 4) is 5.75 Å². The van der Waals surface area contributed by atoms with E-state index in [1.165, 1.54) is 17.0 Å². The van der Waals surface area contributed by atoms with Crippen LogP contribution in [0.4, 0.5) is 0 Å². The maximum absolute atomic E-state index is 12.1. The van der Waals surface area contributed by atoms with E-state index in [-0.39, 0.29) is 23.5 Å². The first kappa shape index (κ1) is 22.3. The normalized spacial score (nSPS) is 12.4. The third kappa shape index (κ3) is 6.54. The summed E-state index contributed by atoms with van der Waals surface area (Å²) in [6.45, 7) is 4.05. The minimum atomic E-state index is -3.51. The lowest BCUT2D eigenvalue weighted by Crippen LogP contribution is -2.31. The van der Waals surface area contributed by atoms with Gasteiger partial charge in [0.15, 0.2) is 6.61 Å². The Morgan fingerprint density at radius 1 is 1.11 bits per heavy atom. The fraction of sp³-hybridized carbons (Fsp3) is 0.350. The first-order chi connectivity index (χ1) is 13.4. The summed E-state index contributed by atoms with van der Waals surface area (Å²) >= 11 is 1.67. The number of benzene rings is 2. The number of hydrogen-bond acceptors (Lipinski definition) is 5. The first-order valence-electron chi connectivity index (χ1n) is 9.01. The highest BCUT2D eigenvalue weighted by atomic mass is 32.2. The number of thioether (sulfide) groups is 1. The molecule has 2 aromatic carbocycles. The number of sulfonamides is 1. The van der Waals surface area contributed by atoms with Crippen molar-refractivity contribution in [3.05, 3.63) is 54.1 Å². The molecule has 2 aromatic rings. The van der Waals surface area contributed by atoms with Gasteiger partial charge in [0, 0.05) is 11.4 Å². The van der Waals surface area contributed by atoms with Gasteiger partial charge in [0.05, 0.1) is 10.9 Å². The highest BCUT2D eigenvalue weighted by molar-refractivity contribution is 7.98. The van der Waals surface area contributed by atoms with E-state index in [2.05, 4.69) is 10.0 Å². The smallest absolute Gasteiger partial charge is 0.258 e. The largest absolute Gasteiger partial charge is 0.484 e. The second-order valence-corrected chi connectivity index (χ2v) is 8.87. The zero-order chi connectivity index (χ0) is 20.6. The van der Waals surface area contributed by atoms with Crippen LogP contribution in [0.5, 0.6) is 5.75 Å².